The molecule has 2 aromatic heterocycles. The lowest BCUT2D eigenvalue weighted by Crippen LogP contribution is -2.47. The molecule has 4 heterocycles. The molecule has 0 spiro atoms. The van der Waals surface area contributed by atoms with Crippen LogP contribution in [0.15, 0.2) is 98.5 Å². The third-order valence-electron chi connectivity index (χ3n) is 8.90. The topological polar surface area (TPSA) is 127 Å². The van der Waals surface area contributed by atoms with Crippen molar-refractivity contribution in [2.24, 2.45) is 9.98 Å². The van der Waals surface area contributed by atoms with Crippen LogP contribution in [0.1, 0.15) is 57.9 Å². The summed E-state index contributed by atoms with van der Waals surface area (Å²) in [6, 6.07) is 20.1. The van der Waals surface area contributed by atoms with Crippen molar-refractivity contribution in [3.8, 4) is 16.9 Å². The minimum atomic E-state index is -0.437. The third-order valence-corrected chi connectivity index (χ3v) is 9.79. The molecule has 0 aliphatic carbocycles. The van der Waals surface area contributed by atoms with Crippen molar-refractivity contribution in [2.45, 2.75) is 59.0 Å². The molecule has 1 N–H and O–H groups in total. The average molecular weight is 706 g/mol. The Hall–Kier alpha value is -5.23. The summed E-state index contributed by atoms with van der Waals surface area (Å²) in [4.78, 5) is 61.9. The van der Waals surface area contributed by atoms with Gasteiger partial charge in [-0.05, 0) is 73.9 Å². The summed E-state index contributed by atoms with van der Waals surface area (Å²) in [5.74, 6) is -0.605. The van der Waals surface area contributed by atoms with Gasteiger partial charge in [0.15, 0.2) is 0 Å². The van der Waals surface area contributed by atoms with E-state index in [2.05, 4.69) is 36.2 Å². The summed E-state index contributed by atoms with van der Waals surface area (Å²) in [7, 11) is 0. The van der Waals surface area contributed by atoms with E-state index in [1.54, 1.807) is 33.9 Å². The first-order valence-electron chi connectivity index (χ1n) is 15.8. The van der Waals surface area contributed by atoms with Crippen molar-refractivity contribution in [3.05, 3.63) is 133 Å². The summed E-state index contributed by atoms with van der Waals surface area (Å²) in [5, 5.41) is 4.49. The summed E-state index contributed by atoms with van der Waals surface area (Å²) < 4.78 is 3.98. The smallest absolute Gasteiger partial charge is 0.333 e. The minimum Gasteiger partial charge on any atom is -0.347 e. The fourth-order valence-electron chi connectivity index (χ4n) is 6.33. The van der Waals surface area contributed by atoms with Crippen molar-refractivity contribution in [3.63, 3.8) is 0 Å². The quantitative estimate of drug-likeness (QED) is 0.273. The molecule has 2 unspecified atom stereocenters. The second-order valence-electron chi connectivity index (χ2n) is 12.0. The number of imidazole rings is 1. The zero-order chi connectivity index (χ0) is 33.5. The zero-order valence-corrected chi connectivity index (χ0v) is 28.3. The minimum absolute atomic E-state index is 0.0835. The van der Waals surface area contributed by atoms with Gasteiger partial charge in [0.05, 0.1) is 34.3 Å². The van der Waals surface area contributed by atoms with E-state index < -0.39 is 5.91 Å². The van der Waals surface area contributed by atoms with Gasteiger partial charge < -0.3 is 10.2 Å². The fourth-order valence-corrected chi connectivity index (χ4v) is 6.58. The standard InChI is InChI=1S/C36H33BrN8O3/c1-4-32-41-29-12-10-25(16-30(29)42-32)45-33(34(46)39-17-24-7-5-6-8-26(24)28-13-14-38-20-40-28)31-19-43(22(3)18-44(31)36(45)48)35(47)23-9-11-27(37)21(2)15-23/h5-16,20,22,32H,4,17-19H2,1-3H3,(H,39,46). The van der Waals surface area contributed by atoms with Crippen LogP contribution in [0.5, 0.6) is 0 Å². The van der Waals surface area contributed by atoms with Gasteiger partial charge in [-0.15, -0.1) is 0 Å². The van der Waals surface area contributed by atoms with Crippen molar-refractivity contribution < 1.29 is 9.59 Å². The number of hydrogen-bond acceptors (Lipinski definition) is 7. The number of carbonyl (C=O) groups is 2. The maximum absolute atomic E-state index is 14.3. The monoisotopic (exact) mass is 704 g/mol. The first kappa shape index (κ1) is 31.4. The summed E-state index contributed by atoms with van der Waals surface area (Å²) in [6.07, 6.45) is 3.75. The zero-order valence-electron chi connectivity index (χ0n) is 26.7. The van der Waals surface area contributed by atoms with Crippen LogP contribution in [-0.4, -0.2) is 48.0 Å². The van der Waals surface area contributed by atoms with Gasteiger partial charge in [0.25, 0.3) is 11.8 Å². The molecule has 0 bridgehead atoms. The van der Waals surface area contributed by atoms with Gasteiger partial charge in [-0.3, -0.25) is 28.7 Å². The van der Waals surface area contributed by atoms with E-state index in [4.69, 9.17) is 4.99 Å². The van der Waals surface area contributed by atoms with Gasteiger partial charge in [-0.2, -0.15) is 0 Å². The van der Waals surface area contributed by atoms with Gasteiger partial charge in [-0.25, -0.2) is 14.8 Å². The Kier molecular flexibility index (Phi) is 8.34. The lowest BCUT2D eigenvalue weighted by atomic mass is 10.0. The van der Waals surface area contributed by atoms with Gasteiger partial charge in [0.1, 0.15) is 18.2 Å². The van der Waals surface area contributed by atoms with Crippen LogP contribution in [0.2, 0.25) is 0 Å². The highest BCUT2D eigenvalue weighted by molar-refractivity contribution is 9.10. The number of amides is 2. The van der Waals surface area contributed by atoms with Crippen molar-refractivity contribution in [1.29, 1.82) is 0 Å². The number of aromatic nitrogens is 4. The normalized spacial score (nSPS) is 16.5. The van der Waals surface area contributed by atoms with Crippen LogP contribution in [0.25, 0.3) is 16.9 Å². The van der Waals surface area contributed by atoms with E-state index in [0.29, 0.717) is 22.3 Å². The van der Waals surface area contributed by atoms with E-state index >= 15 is 0 Å². The van der Waals surface area contributed by atoms with Crippen LogP contribution < -0.4 is 21.7 Å². The molecular weight excluding hydrogens is 672 g/mol. The highest BCUT2D eigenvalue weighted by atomic mass is 79.9. The molecular formula is C36H33BrN8O3. The number of nitrogens with zero attached hydrogens (tertiary/aromatic N) is 7. The number of carbonyl (C=O) groups excluding carboxylic acids is 2. The van der Waals surface area contributed by atoms with E-state index in [9.17, 15) is 14.4 Å². The molecule has 48 heavy (non-hydrogen) atoms. The van der Waals surface area contributed by atoms with Crippen LogP contribution in [0.3, 0.4) is 0 Å². The average Bonchev–Trinajstić information content (AvgIpc) is 3.65. The molecule has 5 aromatic rings. The number of nitrogens with one attached hydrogen (secondary N) is 1. The largest absolute Gasteiger partial charge is 0.347 e. The number of fused-ring (bicyclic) bond motifs is 2. The van der Waals surface area contributed by atoms with E-state index in [0.717, 1.165) is 38.6 Å². The van der Waals surface area contributed by atoms with Gasteiger partial charge >= 0.3 is 5.69 Å². The second-order valence-corrected chi connectivity index (χ2v) is 12.9. The Morgan fingerprint density at radius 3 is 2.60 bits per heavy atom. The van der Waals surface area contributed by atoms with Gasteiger partial charge in [0.2, 0.25) is 0 Å². The highest BCUT2D eigenvalue weighted by Gasteiger charge is 2.35. The number of hydrogen-bond donors (Lipinski definition) is 1. The lowest BCUT2D eigenvalue weighted by molar-refractivity contribution is 0.0610. The number of aryl methyl sites for hydroxylation is 1. The van der Waals surface area contributed by atoms with Gasteiger partial charge in [0, 0.05) is 40.9 Å². The van der Waals surface area contributed by atoms with Crippen molar-refractivity contribution in [1.82, 2.24) is 29.3 Å². The fraction of sp³-hybridized carbons (Fsp3) is 0.250. The third kappa shape index (κ3) is 5.66. The Labute approximate surface area is 284 Å². The van der Waals surface area contributed by atoms with E-state index in [1.807, 2.05) is 69.3 Å². The number of rotatable bonds is 7. The van der Waals surface area contributed by atoms with E-state index in [1.165, 1.54) is 10.9 Å². The summed E-state index contributed by atoms with van der Waals surface area (Å²) >= 11 is 3.51. The predicted molar refractivity (Wildman–Crippen MR) is 183 cm³/mol. The molecule has 2 aliphatic rings. The van der Waals surface area contributed by atoms with Gasteiger partial charge in [-0.1, -0.05) is 47.1 Å². The lowest BCUT2D eigenvalue weighted by Gasteiger charge is -2.34. The predicted octanol–water partition coefficient (Wildman–Crippen LogP) is 4.13. The summed E-state index contributed by atoms with van der Waals surface area (Å²) in [5.41, 5.74) is 4.74. The van der Waals surface area contributed by atoms with Crippen LogP contribution in [-0.2, 0) is 19.6 Å². The molecule has 0 saturated carbocycles. The molecule has 3 aromatic carbocycles. The Morgan fingerprint density at radius 1 is 1.02 bits per heavy atom. The molecule has 12 heteroatoms. The van der Waals surface area contributed by atoms with Crippen molar-refractivity contribution in [2.75, 3.05) is 0 Å². The first-order chi connectivity index (χ1) is 23.2. The van der Waals surface area contributed by atoms with Crippen LogP contribution in [0, 0.1) is 6.92 Å². The molecule has 242 valence electrons. The number of benzene rings is 3. The summed E-state index contributed by atoms with van der Waals surface area (Å²) in [6.45, 7) is 6.38. The molecule has 0 radical (unpaired) electrons. The molecule has 2 aliphatic heterocycles. The maximum atomic E-state index is 14.3. The first-order valence-corrected chi connectivity index (χ1v) is 16.6. The van der Waals surface area contributed by atoms with E-state index in [-0.39, 0.29) is 49.1 Å². The molecule has 11 nitrogen and oxygen atoms in total. The highest BCUT2D eigenvalue weighted by Crippen LogP contribution is 2.26. The molecule has 0 saturated heterocycles. The molecule has 0 fully saturated rings. The van der Waals surface area contributed by atoms with Crippen LogP contribution >= 0.6 is 15.9 Å². The Bertz CT molecular complexity index is 2260. The Balaban J connectivity index is 1.30. The SMILES string of the molecule is CCC1N=c2ccc(-n3c(C(=O)NCc4ccccc4-c4ccncn4)c4n(c3=O)CC(C)N(C(=O)c3ccc(Br)c(C)c3)C4)cc2=N1. The Morgan fingerprint density at radius 2 is 1.83 bits per heavy atom. The second kappa shape index (κ2) is 12.8. The maximum Gasteiger partial charge on any atom is 0.333 e. The van der Waals surface area contributed by atoms with Crippen LogP contribution in [0.4, 0.5) is 0 Å². The molecule has 2 amide bonds. The molecule has 7 rings (SSSR count). The van der Waals surface area contributed by atoms with Crippen molar-refractivity contribution >= 4 is 27.7 Å². The number of halogens is 1. The molecule has 2 atom stereocenters.